The summed E-state index contributed by atoms with van der Waals surface area (Å²) in [5, 5.41) is 37.2. The fraction of sp³-hybridized carbons (Fsp3) is 0.519. The van der Waals surface area contributed by atoms with E-state index in [1.807, 2.05) is 16.7 Å². The van der Waals surface area contributed by atoms with E-state index in [9.17, 15) is 32.3 Å². The molecule has 0 saturated carbocycles. The number of aliphatic hydroxyl groups is 1. The van der Waals surface area contributed by atoms with Crippen molar-refractivity contribution in [3.8, 4) is 5.88 Å². The number of carboxylic acids is 3. The maximum atomic E-state index is 13.4. The van der Waals surface area contributed by atoms with E-state index in [0.717, 1.165) is 23.7 Å². The molecule has 2 aromatic heterocycles. The number of rotatable bonds is 10. The quantitative estimate of drug-likeness (QED) is 0.249. The van der Waals surface area contributed by atoms with Gasteiger partial charge in [-0.15, -0.1) is 0 Å². The first-order valence-corrected chi connectivity index (χ1v) is 13.7. The monoisotopic (exact) mass is 642 g/mol. The molecule has 45 heavy (non-hydrogen) atoms. The van der Waals surface area contributed by atoms with Crippen LogP contribution in [0.2, 0.25) is 0 Å². The molecule has 15 nitrogen and oxygen atoms in total. The Kier molecular flexibility index (Phi) is 11.1. The second kappa shape index (κ2) is 14.4. The highest BCUT2D eigenvalue weighted by molar-refractivity contribution is 5.88. The van der Waals surface area contributed by atoms with Gasteiger partial charge in [0.1, 0.15) is 17.7 Å². The largest absolute Gasteiger partial charge is 0.481 e. The number of hydrogen-bond donors (Lipinski definition) is 5. The van der Waals surface area contributed by atoms with Gasteiger partial charge in [0.2, 0.25) is 11.8 Å². The van der Waals surface area contributed by atoms with E-state index in [4.69, 9.17) is 25.2 Å². The van der Waals surface area contributed by atoms with Gasteiger partial charge in [-0.25, -0.2) is 19.7 Å². The van der Waals surface area contributed by atoms with Gasteiger partial charge in [0, 0.05) is 50.6 Å². The van der Waals surface area contributed by atoms with Crippen molar-refractivity contribution in [3.63, 3.8) is 0 Å². The number of pyridine rings is 1. The van der Waals surface area contributed by atoms with Crippen LogP contribution in [0.5, 0.6) is 5.88 Å². The fourth-order valence-corrected chi connectivity index (χ4v) is 4.90. The lowest BCUT2D eigenvalue weighted by atomic mass is 9.96. The Morgan fingerprint density at radius 2 is 1.73 bits per heavy atom. The maximum absolute atomic E-state index is 13.4. The van der Waals surface area contributed by atoms with Crippen LogP contribution in [0.3, 0.4) is 0 Å². The molecule has 1 amide bonds. The first-order chi connectivity index (χ1) is 21.1. The predicted octanol–water partition coefficient (Wildman–Crippen LogP) is 1.64. The molecule has 0 aliphatic carbocycles. The van der Waals surface area contributed by atoms with Gasteiger partial charge >= 0.3 is 24.1 Å². The van der Waals surface area contributed by atoms with Gasteiger partial charge in [-0.1, -0.05) is 6.92 Å². The number of hydrogen-bond acceptors (Lipinski definition) is 11. The van der Waals surface area contributed by atoms with Crippen LogP contribution in [0, 0.1) is 0 Å². The van der Waals surface area contributed by atoms with Gasteiger partial charge in [0.05, 0.1) is 37.5 Å². The number of likely N-dealkylation sites (tertiary alicyclic amines) is 1. The third-order valence-electron chi connectivity index (χ3n) is 7.17. The summed E-state index contributed by atoms with van der Waals surface area (Å²) in [5.41, 5.74) is -1.56. The van der Waals surface area contributed by atoms with E-state index >= 15 is 0 Å². The van der Waals surface area contributed by atoms with Gasteiger partial charge in [-0.3, -0.25) is 14.4 Å². The number of alkyl halides is 3. The number of nitrogens with one attached hydrogen (secondary N) is 1. The summed E-state index contributed by atoms with van der Waals surface area (Å²) in [7, 11) is 1.17. The third-order valence-corrected chi connectivity index (χ3v) is 7.17. The van der Waals surface area contributed by atoms with E-state index in [-0.39, 0.29) is 11.9 Å². The van der Waals surface area contributed by atoms with Gasteiger partial charge in [-0.05, 0) is 12.5 Å². The highest BCUT2D eigenvalue weighted by Gasteiger charge is 2.41. The molecule has 0 unspecified atom stereocenters. The number of anilines is 2. The predicted molar refractivity (Wildman–Crippen MR) is 149 cm³/mol. The molecule has 0 bridgehead atoms. The number of aliphatic carboxylic acids is 3. The van der Waals surface area contributed by atoms with Crippen molar-refractivity contribution in [1.29, 1.82) is 0 Å². The van der Waals surface area contributed by atoms with Gasteiger partial charge in [0.15, 0.2) is 5.60 Å². The van der Waals surface area contributed by atoms with Crippen LogP contribution in [0.25, 0.3) is 0 Å². The normalized spacial score (nSPS) is 16.3. The second-order valence-corrected chi connectivity index (χ2v) is 10.4. The highest BCUT2D eigenvalue weighted by Crippen LogP contribution is 2.38. The van der Waals surface area contributed by atoms with E-state index in [1.54, 1.807) is 0 Å². The standard InChI is InChI=1S/C21H25F3N6O2.C6H8O7/c1-3-18(31)30-6-4-13(10-30)28-19-15-11-29(7-5-17(15)26-12-27-19)14-8-16(21(22,23)24)20(32-2)25-9-14;7-3(8)1-6(13,5(11)12)2-4(9)10/h8-9,12-13H,3-7,10-11H2,1-2H3,(H,26,27,28);13H,1-2H2,(H,7,8)(H,9,10)(H,11,12)/t13-;/m0./s1. The number of carbonyl (C=O) groups excluding carboxylic acids is 1. The number of halogens is 3. The lowest BCUT2D eigenvalue weighted by molar-refractivity contribution is -0.170. The minimum Gasteiger partial charge on any atom is -0.481 e. The Hall–Kier alpha value is -4.74. The van der Waals surface area contributed by atoms with Crippen molar-refractivity contribution < 1.29 is 57.5 Å². The Bertz CT molecular complexity index is 1410. The summed E-state index contributed by atoms with van der Waals surface area (Å²) in [5.74, 6) is -4.68. The Labute approximate surface area is 254 Å². The number of nitrogens with zero attached hydrogens (tertiary/aromatic N) is 5. The van der Waals surface area contributed by atoms with E-state index < -0.39 is 54.0 Å². The van der Waals surface area contributed by atoms with Crippen molar-refractivity contribution in [1.82, 2.24) is 19.9 Å². The molecule has 2 aliphatic rings. The number of ether oxygens (including phenoxy) is 1. The second-order valence-electron chi connectivity index (χ2n) is 10.4. The SMILES string of the molecule is CCC(=O)N1CC[C@H](Nc2ncnc3c2CN(c2cnc(OC)c(C(F)(F)F)c2)CC3)C1.O=C(O)CC(O)(CC(=O)O)C(=O)O. The number of methoxy groups -OCH3 is 1. The average molecular weight is 643 g/mol. The zero-order valence-corrected chi connectivity index (χ0v) is 24.4. The molecule has 246 valence electrons. The number of fused-ring (bicyclic) bond motifs is 1. The molecule has 5 N–H and O–H groups in total. The zero-order valence-electron chi connectivity index (χ0n) is 24.4. The molecule has 0 aromatic carbocycles. The Balaban J connectivity index is 0.000000360. The summed E-state index contributed by atoms with van der Waals surface area (Å²) < 4.78 is 45.1. The molecule has 1 fully saturated rings. The zero-order chi connectivity index (χ0) is 33.5. The molecule has 4 heterocycles. The van der Waals surface area contributed by atoms with Gasteiger partial charge in [0.25, 0.3) is 0 Å². The summed E-state index contributed by atoms with van der Waals surface area (Å²) in [6.45, 7) is 4.01. The van der Waals surface area contributed by atoms with Crippen molar-refractivity contribution in [2.75, 3.05) is 37.0 Å². The average Bonchev–Trinajstić information content (AvgIpc) is 3.44. The summed E-state index contributed by atoms with van der Waals surface area (Å²) in [4.78, 5) is 58.7. The molecule has 4 rings (SSSR count). The third kappa shape index (κ3) is 8.90. The van der Waals surface area contributed by atoms with E-state index in [2.05, 4.69) is 20.3 Å². The minimum atomic E-state index is -4.57. The van der Waals surface area contributed by atoms with Crippen LogP contribution >= 0.6 is 0 Å². The Morgan fingerprint density at radius 1 is 1.07 bits per heavy atom. The highest BCUT2D eigenvalue weighted by atomic mass is 19.4. The topological polar surface area (TPSA) is 216 Å². The van der Waals surface area contributed by atoms with Crippen LogP contribution < -0.4 is 15.0 Å². The van der Waals surface area contributed by atoms with Crippen LogP contribution in [-0.4, -0.2) is 102 Å². The van der Waals surface area contributed by atoms with Crippen LogP contribution in [-0.2, 0) is 38.3 Å². The first kappa shape index (κ1) is 34.7. The smallest absolute Gasteiger partial charge is 0.421 e. The fourth-order valence-electron chi connectivity index (χ4n) is 4.90. The molecule has 1 saturated heterocycles. The van der Waals surface area contributed by atoms with Gasteiger partial charge in [-0.2, -0.15) is 13.2 Å². The van der Waals surface area contributed by atoms with Crippen LogP contribution in [0.4, 0.5) is 24.7 Å². The van der Waals surface area contributed by atoms with E-state index in [0.29, 0.717) is 50.5 Å². The molecule has 0 spiro atoms. The van der Waals surface area contributed by atoms with Crippen molar-refractivity contribution >= 4 is 35.3 Å². The molecule has 2 aliphatic heterocycles. The number of aromatic nitrogens is 3. The van der Waals surface area contributed by atoms with Crippen LogP contribution in [0.1, 0.15) is 49.4 Å². The molecular formula is C27H33F3N6O9. The van der Waals surface area contributed by atoms with Crippen molar-refractivity contribution in [3.05, 3.63) is 35.4 Å². The van der Waals surface area contributed by atoms with Crippen LogP contribution in [0.15, 0.2) is 18.6 Å². The first-order valence-electron chi connectivity index (χ1n) is 13.7. The summed E-state index contributed by atoms with van der Waals surface area (Å²) in [6.07, 6.45) is -2.11. The molecule has 2 aromatic rings. The van der Waals surface area contributed by atoms with Gasteiger partial charge < -0.3 is 40.3 Å². The molecule has 0 radical (unpaired) electrons. The summed E-state index contributed by atoms with van der Waals surface area (Å²) >= 11 is 0. The maximum Gasteiger partial charge on any atom is 0.421 e. The minimum absolute atomic E-state index is 0.0689. The molecule has 18 heteroatoms. The van der Waals surface area contributed by atoms with E-state index in [1.165, 1.54) is 19.6 Å². The van der Waals surface area contributed by atoms with Crippen molar-refractivity contribution in [2.24, 2.45) is 0 Å². The number of carboxylic acid groups (broad SMARTS) is 3. The lowest BCUT2D eigenvalue weighted by Gasteiger charge is -2.31. The number of amides is 1. The Morgan fingerprint density at radius 3 is 2.29 bits per heavy atom. The lowest BCUT2D eigenvalue weighted by Crippen LogP contribution is -2.42. The molecule has 1 atom stereocenters. The molecular weight excluding hydrogens is 609 g/mol. The summed E-state index contributed by atoms with van der Waals surface area (Å²) in [6, 6.07) is 1.14. The van der Waals surface area contributed by atoms with Crippen molar-refractivity contribution in [2.45, 2.75) is 63.4 Å². The number of carbonyl (C=O) groups is 4.